The molecule has 0 aromatic carbocycles. The monoisotopic (exact) mass is 436 g/mol. The predicted octanol–water partition coefficient (Wildman–Crippen LogP) is 2.46. The number of carboxylic acid groups (broad SMARTS) is 2. The molecule has 0 fully saturated rings. The van der Waals surface area contributed by atoms with Gasteiger partial charge in [0.25, 0.3) is 0 Å². The molecular weight excluding hydrogens is 419 g/mol. The summed E-state index contributed by atoms with van der Waals surface area (Å²) in [5, 5.41) is 15.8. The molecular formula is C17H17F5N4O4. The van der Waals surface area contributed by atoms with Crippen LogP contribution >= 0.6 is 0 Å². The number of aliphatic carboxylic acids is 2. The first-order valence-corrected chi connectivity index (χ1v) is 8.49. The molecule has 2 aromatic rings. The van der Waals surface area contributed by atoms with Crippen molar-refractivity contribution in [1.82, 2.24) is 14.5 Å². The topological polar surface area (TPSA) is 109 Å². The Hall–Kier alpha value is -3.25. The van der Waals surface area contributed by atoms with Crippen molar-refractivity contribution in [2.75, 3.05) is 18.0 Å². The molecule has 0 saturated carbocycles. The summed E-state index contributed by atoms with van der Waals surface area (Å²) in [6.45, 7) is 3.79. The van der Waals surface area contributed by atoms with Crippen LogP contribution in [0.3, 0.4) is 0 Å². The van der Waals surface area contributed by atoms with Gasteiger partial charge in [-0.2, -0.15) is 22.0 Å². The van der Waals surface area contributed by atoms with E-state index in [1.54, 1.807) is 6.07 Å². The quantitative estimate of drug-likeness (QED) is 0.712. The molecule has 3 rings (SSSR count). The fourth-order valence-electron chi connectivity index (χ4n) is 2.68. The number of carbonyl (C=O) groups is 2. The van der Waals surface area contributed by atoms with Gasteiger partial charge in [-0.05, 0) is 19.1 Å². The number of nitrogens with zero attached hydrogens (tertiary/aromatic N) is 4. The van der Waals surface area contributed by atoms with Crippen LogP contribution in [-0.2, 0) is 28.5 Å². The largest absolute Gasteiger partial charge is 0.490 e. The van der Waals surface area contributed by atoms with Crippen molar-refractivity contribution in [2.24, 2.45) is 0 Å². The third kappa shape index (κ3) is 5.42. The SMILES string of the molecule is Cc1cn2c(n1)CCN(c1cccc(C(F)(F)C(=O)O)n1)CC2.O=C(O)C(F)(F)F. The number of anilines is 1. The number of hydrogen-bond acceptors (Lipinski definition) is 5. The van der Waals surface area contributed by atoms with Crippen molar-refractivity contribution in [3.8, 4) is 0 Å². The Morgan fingerprint density at radius 3 is 2.20 bits per heavy atom. The van der Waals surface area contributed by atoms with Crippen molar-refractivity contribution in [3.63, 3.8) is 0 Å². The second-order valence-corrected chi connectivity index (χ2v) is 6.29. The predicted molar refractivity (Wildman–Crippen MR) is 92.3 cm³/mol. The van der Waals surface area contributed by atoms with E-state index in [2.05, 4.69) is 9.97 Å². The van der Waals surface area contributed by atoms with E-state index >= 15 is 0 Å². The van der Waals surface area contributed by atoms with Gasteiger partial charge in [-0.25, -0.2) is 19.6 Å². The Morgan fingerprint density at radius 1 is 1.00 bits per heavy atom. The minimum atomic E-state index is -5.08. The Morgan fingerprint density at radius 2 is 1.63 bits per heavy atom. The Balaban J connectivity index is 0.000000396. The number of hydrogen-bond donors (Lipinski definition) is 2. The van der Waals surface area contributed by atoms with Gasteiger partial charge in [0.15, 0.2) is 0 Å². The summed E-state index contributed by atoms with van der Waals surface area (Å²) < 4.78 is 61.0. The van der Waals surface area contributed by atoms with Crippen molar-refractivity contribution < 1.29 is 41.8 Å². The molecule has 0 amide bonds. The van der Waals surface area contributed by atoms with Gasteiger partial charge in [0, 0.05) is 32.3 Å². The summed E-state index contributed by atoms with van der Waals surface area (Å²) in [4.78, 5) is 29.8. The third-order valence-electron chi connectivity index (χ3n) is 4.09. The van der Waals surface area contributed by atoms with Crippen LogP contribution in [0.5, 0.6) is 0 Å². The Labute approximate surface area is 166 Å². The van der Waals surface area contributed by atoms with Crippen LogP contribution in [0.4, 0.5) is 27.8 Å². The van der Waals surface area contributed by atoms with Crippen molar-refractivity contribution in [1.29, 1.82) is 0 Å². The zero-order valence-electron chi connectivity index (χ0n) is 15.5. The molecule has 164 valence electrons. The lowest BCUT2D eigenvalue weighted by Gasteiger charge is -2.22. The lowest BCUT2D eigenvalue weighted by Crippen LogP contribution is -2.30. The van der Waals surface area contributed by atoms with Gasteiger partial charge >= 0.3 is 24.0 Å². The molecule has 0 aliphatic carbocycles. The minimum Gasteiger partial charge on any atom is -0.476 e. The van der Waals surface area contributed by atoms with Crippen LogP contribution in [0.25, 0.3) is 0 Å². The summed E-state index contributed by atoms with van der Waals surface area (Å²) in [5.41, 5.74) is 0.204. The maximum absolute atomic E-state index is 13.6. The number of carboxylic acids is 2. The van der Waals surface area contributed by atoms with E-state index < -0.39 is 29.7 Å². The molecule has 2 N–H and O–H groups in total. The van der Waals surface area contributed by atoms with E-state index in [-0.39, 0.29) is 0 Å². The summed E-state index contributed by atoms with van der Waals surface area (Å²) in [6, 6.07) is 4.05. The fraction of sp³-hybridized carbons (Fsp3) is 0.412. The van der Waals surface area contributed by atoms with E-state index in [0.717, 1.165) is 17.6 Å². The van der Waals surface area contributed by atoms with Gasteiger partial charge in [-0.1, -0.05) is 6.07 Å². The molecule has 0 saturated heterocycles. The maximum Gasteiger partial charge on any atom is 0.490 e. The number of alkyl halides is 5. The average molecular weight is 436 g/mol. The maximum atomic E-state index is 13.6. The lowest BCUT2D eigenvalue weighted by molar-refractivity contribution is -0.192. The molecule has 2 aromatic heterocycles. The molecule has 0 atom stereocenters. The molecule has 0 radical (unpaired) electrons. The molecule has 8 nitrogen and oxygen atoms in total. The van der Waals surface area contributed by atoms with Crippen LogP contribution in [0.2, 0.25) is 0 Å². The molecule has 0 bridgehead atoms. The average Bonchev–Trinajstić information content (AvgIpc) is 2.89. The molecule has 0 unspecified atom stereocenters. The number of aryl methyl sites for hydroxylation is 1. The molecule has 3 heterocycles. The van der Waals surface area contributed by atoms with Gasteiger partial charge in [-0.3, -0.25) is 0 Å². The summed E-state index contributed by atoms with van der Waals surface area (Å²) in [7, 11) is 0. The lowest BCUT2D eigenvalue weighted by atomic mass is 10.2. The molecule has 30 heavy (non-hydrogen) atoms. The fourth-order valence-corrected chi connectivity index (χ4v) is 2.68. The first-order chi connectivity index (χ1) is 13.8. The number of rotatable bonds is 3. The second kappa shape index (κ2) is 8.63. The summed E-state index contributed by atoms with van der Waals surface area (Å²) >= 11 is 0. The molecule has 13 heteroatoms. The normalized spacial score (nSPS) is 14.3. The van der Waals surface area contributed by atoms with Gasteiger partial charge < -0.3 is 19.7 Å². The number of pyridine rings is 1. The highest BCUT2D eigenvalue weighted by Gasteiger charge is 2.43. The van der Waals surface area contributed by atoms with Crippen LogP contribution < -0.4 is 4.90 Å². The van der Waals surface area contributed by atoms with Crippen molar-refractivity contribution in [3.05, 3.63) is 41.6 Å². The summed E-state index contributed by atoms with van der Waals surface area (Å²) in [5.74, 6) is -7.64. The van der Waals surface area contributed by atoms with Gasteiger partial charge in [0.1, 0.15) is 17.3 Å². The van der Waals surface area contributed by atoms with E-state index in [1.165, 1.54) is 6.07 Å². The standard InChI is InChI=1S/C15H16F2N4O2.C2HF3O2/c1-10-9-21-8-7-20(6-5-13(21)18-10)12-4-2-3-11(19-12)15(16,17)14(22)23;3-2(4,5)1(6)7/h2-4,9H,5-8H2,1H3,(H,22,23);(H,6,7). The van der Waals surface area contributed by atoms with Crippen LogP contribution in [0.15, 0.2) is 24.4 Å². The van der Waals surface area contributed by atoms with Gasteiger partial charge in [0.05, 0.1) is 5.69 Å². The minimum absolute atomic E-state index is 0.353. The first-order valence-electron chi connectivity index (χ1n) is 8.49. The molecule has 0 spiro atoms. The van der Waals surface area contributed by atoms with E-state index in [9.17, 15) is 26.7 Å². The number of imidazole rings is 1. The molecule has 1 aliphatic heterocycles. The highest BCUT2D eigenvalue weighted by molar-refractivity contribution is 5.76. The summed E-state index contributed by atoms with van der Waals surface area (Å²) in [6.07, 6.45) is -2.45. The highest BCUT2D eigenvalue weighted by atomic mass is 19.4. The van der Waals surface area contributed by atoms with Crippen molar-refractivity contribution >= 4 is 17.8 Å². The third-order valence-corrected chi connectivity index (χ3v) is 4.09. The number of fused-ring (bicyclic) bond motifs is 1. The Bertz CT molecular complexity index is 904. The van der Waals surface area contributed by atoms with Crippen LogP contribution in [0, 0.1) is 6.92 Å². The van der Waals surface area contributed by atoms with E-state index in [0.29, 0.717) is 31.9 Å². The Kier molecular flexibility index (Phi) is 6.63. The smallest absolute Gasteiger partial charge is 0.476 e. The van der Waals surface area contributed by atoms with Crippen LogP contribution in [-0.4, -0.2) is 56.0 Å². The van der Waals surface area contributed by atoms with Crippen LogP contribution in [0.1, 0.15) is 17.2 Å². The highest BCUT2D eigenvalue weighted by Crippen LogP contribution is 2.28. The van der Waals surface area contributed by atoms with Gasteiger partial charge in [0.2, 0.25) is 0 Å². The van der Waals surface area contributed by atoms with Gasteiger partial charge in [-0.15, -0.1) is 0 Å². The number of halogens is 5. The second-order valence-electron chi connectivity index (χ2n) is 6.29. The van der Waals surface area contributed by atoms with Crippen molar-refractivity contribution in [2.45, 2.75) is 32.0 Å². The van der Waals surface area contributed by atoms with E-state index in [4.69, 9.17) is 15.0 Å². The zero-order valence-corrected chi connectivity index (χ0v) is 15.5. The van der Waals surface area contributed by atoms with E-state index in [1.807, 2.05) is 22.6 Å². The molecule has 1 aliphatic rings. The first kappa shape index (κ1) is 23.0. The number of aromatic nitrogens is 3. The zero-order chi connectivity index (χ0) is 22.7.